The third-order valence-corrected chi connectivity index (χ3v) is 3.78. The molecule has 18 heavy (non-hydrogen) atoms. The van der Waals surface area contributed by atoms with Crippen LogP contribution in [0.3, 0.4) is 0 Å². The lowest BCUT2D eigenvalue weighted by Crippen LogP contribution is -2.27. The summed E-state index contributed by atoms with van der Waals surface area (Å²) in [6, 6.07) is 0. The Bertz CT molecular complexity index is 407. The molecule has 1 saturated carbocycles. The van der Waals surface area contributed by atoms with Crippen molar-refractivity contribution in [1.82, 2.24) is 0 Å². The first-order valence-corrected chi connectivity index (χ1v) is 6.90. The summed E-state index contributed by atoms with van der Waals surface area (Å²) < 4.78 is 5.33. The van der Waals surface area contributed by atoms with Crippen LogP contribution in [-0.4, -0.2) is 11.6 Å². The molecule has 2 nitrogen and oxygen atoms in total. The molecule has 0 aromatic heterocycles. The first kappa shape index (κ1) is 13.4. The summed E-state index contributed by atoms with van der Waals surface area (Å²) in [5.74, 6) is 1.70. The standard InChI is InChI=1S/C16H24O2/c1-10(2)11-6-12-7-13(14(12)8-11)9-15(17)18-16(3,4)5/h8-10,12,14H,6-7H2,1-5H3/t12-,14?/m0/s1. The summed E-state index contributed by atoms with van der Waals surface area (Å²) in [6.45, 7) is 10.2. The van der Waals surface area contributed by atoms with Crippen molar-refractivity contribution in [1.29, 1.82) is 0 Å². The molecule has 2 heteroatoms. The van der Waals surface area contributed by atoms with Crippen molar-refractivity contribution in [2.45, 2.75) is 53.1 Å². The van der Waals surface area contributed by atoms with E-state index in [0.29, 0.717) is 11.8 Å². The molecule has 0 aromatic rings. The smallest absolute Gasteiger partial charge is 0.331 e. The second-order valence-electron chi connectivity index (χ2n) is 6.84. The van der Waals surface area contributed by atoms with Gasteiger partial charge in [0.1, 0.15) is 5.60 Å². The molecule has 0 bridgehead atoms. The van der Waals surface area contributed by atoms with E-state index in [1.54, 1.807) is 11.6 Å². The van der Waals surface area contributed by atoms with E-state index in [9.17, 15) is 4.79 Å². The van der Waals surface area contributed by atoms with Crippen molar-refractivity contribution in [3.8, 4) is 0 Å². The number of ether oxygens (including phenoxy) is 1. The normalized spacial score (nSPS) is 29.0. The number of allylic oxidation sites excluding steroid dienone is 3. The van der Waals surface area contributed by atoms with Gasteiger partial charge in [-0.2, -0.15) is 0 Å². The Balaban J connectivity index is 1.99. The summed E-state index contributed by atoms with van der Waals surface area (Å²) in [6.07, 6.45) is 6.37. The molecular formula is C16H24O2. The van der Waals surface area contributed by atoms with E-state index in [0.717, 1.165) is 12.3 Å². The minimum atomic E-state index is -0.397. The van der Waals surface area contributed by atoms with Crippen LogP contribution in [0.5, 0.6) is 0 Å². The third-order valence-electron chi connectivity index (χ3n) is 3.78. The molecule has 0 heterocycles. The SMILES string of the molecule is CC(C)C1=CC2C(=CC(=O)OC(C)(C)C)C[C@@H]2C1. The molecule has 100 valence electrons. The highest BCUT2D eigenvalue weighted by Crippen LogP contribution is 2.50. The van der Waals surface area contributed by atoms with Crippen molar-refractivity contribution in [2.75, 3.05) is 0 Å². The van der Waals surface area contributed by atoms with Crippen LogP contribution in [0, 0.1) is 17.8 Å². The Kier molecular flexibility index (Phi) is 3.39. The fourth-order valence-electron chi connectivity index (χ4n) is 2.82. The Hall–Kier alpha value is -1.05. The summed E-state index contributed by atoms with van der Waals surface area (Å²) >= 11 is 0. The number of carbonyl (C=O) groups is 1. The molecule has 0 radical (unpaired) electrons. The Morgan fingerprint density at radius 2 is 2.06 bits per heavy atom. The van der Waals surface area contributed by atoms with Crippen LogP contribution < -0.4 is 0 Å². The molecule has 2 aliphatic rings. The fraction of sp³-hybridized carbons (Fsp3) is 0.688. The van der Waals surface area contributed by atoms with Gasteiger partial charge in [-0.25, -0.2) is 4.79 Å². The van der Waals surface area contributed by atoms with Crippen LogP contribution in [0.1, 0.15) is 47.5 Å². The number of hydrogen-bond donors (Lipinski definition) is 0. The quantitative estimate of drug-likeness (QED) is 0.421. The minimum absolute atomic E-state index is 0.192. The monoisotopic (exact) mass is 248 g/mol. The highest BCUT2D eigenvalue weighted by molar-refractivity contribution is 5.83. The van der Waals surface area contributed by atoms with Gasteiger partial charge in [-0.15, -0.1) is 0 Å². The first-order valence-electron chi connectivity index (χ1n) is 6.90. The van der Waals surface area contributed by atoms with E-state index in [4.69, 9.17) is 4.74 Å². The highest BCUT2D eigenvalue weighted by Gasteiger charge is 2.40. The van der Waals surface area contributed by atoms with Gasteiger partial charge < -0.3 is 4.74 Å². The zero-order valence-corrected chi connectivity index (χ0v) is 12.1. The lowest BCUT2D eigenvalue weighted by Gasteiger charge is -2.34. The molecule has 0 spiro atoms. The number of rotatable bonds is 2. The van der Waals surface area contributed by atoms with Crippen LogP contribution >= 0.6 is 0 Å². The van der Waals surface area contributed by atoms with Crippen LogP contribution in [-0.2, 0) is 9.53 Å². The molecule has 2 aliphatic carbocycles. The van der Waals surface area contributed by atoms with Gasteiger partial charge in [-0.3, -0.25) is 0 Å². The van der Waals surface area contributed by atoms with Crippen molar-refractivity contribution >= 4 is 5.97 Å². The lowest BCUT2D eigenvalue weighted by atomic mass is 9.71. The van der Waals surface area contributed by atoms with Gasteiger partial charge in [0, 0.05) is 12.0 Å². The second-order valence-corrected chi connectivity index (χ2v) is 6.84. The van der Waals surface area contributed by atoms with Crippen molar-refractivity contribution in [3.05, 3.63) is 23.3 Å². The predicted molar refractivity (Wildman–Crippen MR) is 73.1 cm³/mol. The van der Waals surface area contributed by atoms with Gasteiger partial charge in [-0.1, -0.05) is 31.1 Å². The van der Waals surface area contributed by atoms with Crippen LogP contribution in [0.4, 0.5) is 0 Å². The zero-order chi connectivity index (χ0) is 13.5. The van der Waals surface area contributed by atoms with E-state index in [2.05, 4.69) is 19.9 Å². The number of hydrogen-bond acceptors (Lipinski definition) is 2. The molecule has 0 amide bonds. The molecule has 2 rings (SSSR count). The van der Waals surface area contributed by atoms with Crippen molar-refractivity contribution in [2.24, 2.45) is 17.8 Å². The van der Waals surface area contributed by atoms with Crippen LogP contribution in [0.15, 0.2) is 23.3 Å². The fourth-order valence-corrected chi connectivity index (χ4v) is 2.82. The van der Waals surface area contributed by atoms with Gasteiger partial charge in [-0.05, 0) is 45.4 Å². The van der Waals surface area contributed by atoms with E-state index < -0.39 is 5.60 Å². The molecule has 0 aliphatic heterocycles. The maximum absolute atomic E-state index is 11.7. The van der Waals surface area contributed by atoms with Gasteiger partial charge in [0.25, 0.3) is 0 Å². The maximum Gasteiger partial charge on any atom is 0.331 e. The van der Waals surface area contributed by atoms with E-state index in [-0.39, 0.29) is 5.97 Å². The highest BCUT2D eigenvalue weighted by atomic mass is 16.6. The van der Waals surface area contributed by atoms with Crippen molar-refractivity contribution < 1.29 is 9.53 Å². The summed E-state index contributed by atoms with van der Waals surface area (Å²) in [5.41, 5.74) is 2.41. The van der Waals surface area contributed by atoms with Crippen LogP contribution in [0.25, 0.3) is 0 Å². The largest absolute Gasteiger partial charge is 0.457 e. The second kappa shape index (κ2) is 4.56. The molecule has 1 fully saturated rings. The predicted octanol–water partition coefficient (Wildman–Crippen LogP) is 3.88. The third kappa shape index (κ3) is 2.85. The molecule has 0 saturated heterocycles. The molecule has 0 aromatic carbocycles. The Morgan fingerprint density at radius 1 is 1.39 bits per heavy atom. The summed E-state index contributed by atoms with van der Waals surface area (Å²) in [4.78, 5) is 11.7. The van der Waals surface area contributed by atoms with Gasteiger partial charge >= 0.3 is 5.97 Å². The molecule has 1 unspecified atom stereocenters. The lowest BCUT2D eigenvalue weighted by molar-refractivity contribution is -0.148. The average Bonchev–Trinajstić information content (AvgIpc) is 2.50. The molecular weight excluding hydrogens is 224 g/mol. The number of carbonyl (C=O) groups excluding carboxylic acids is 1. The first-order chi connectivity index (χ1) is 8.26. The number of fused-ring (bicyclic) bond motifs is 1. The number of esters is 1. The Labute approximate surface area is 110 Å². The topological polar surface area (TPSA) is 26.3 Å². The average molecular weight is 248 g/mol. The van der Waals surface area contributed by atoms with E-state index >= 15 is 0 Å². The Morgan fingerprint density at radius 3 is 2.61 bits per heavy atom. The zero-order valence-electron chi connectivity index (χ0n) is 12.1. The van der Waals surface area contributed by atoms with Gasteiger partial charge in [0.05, 0.1) is 0 Å². The van der Waals surface area contributed by atoms with Crippen molar-refractivity contribution in [3.63, 3.8) is 0 Å². The van der Waals surface area contributed by atoms with Gasteiger partial charge in [0.2, 0.25) is 0 Å². The minimum Gasteiger partial charge on any atom is -0.457 e. The van der Waals surface area contributed by atoms with E-state index in [1.165, 1.54) is 12.0 Å². The van der Waals surface area contributed by atoms with E-state index in [1.807, 2.05) is 20.8 Å². The summed E-state index contributed by atoms with van der Waals surface area (Å²) in [7, 11) is 0. The summed E-state index contributed by atoms with van der Waals surface area (Å²) in [5, 5.41) is 0. The maximum atomic E-state index is 11.7. The molecule has 2 atom stereocenters. The molecule has 0 N–H and O–H groups in total. The van der Waals surface area contributed by atoms with Gasteiger partial charge in [0.15, 0.2) is 0 Å². The van der Waals surface area contributed by atoms with Crippen LogP contribution in [0.2, 0.25) is 0 Å².